The second kappa shape index (κ2) is 4.90. The van der Waals surface area contributed by atoms with Crippen molar-refractivity contribution < 1.29 is 4.79 Å². The number of carbonyl (C=O) groups excluding carboxylic acids is 1. The standard InChI is InChI=1S/C16H23N3OS/c1-8-12-6-11(16(8,4)5)7-13(12)18-19-15-17-9(2)14(21-15)10(3)20/h8,11-12H,6-7H2,1-5H3,(H,17,19)/b18-13-/t8-,11-,12+/m0/s1. The number of Topliss-reactive ketones (excluding diaryl/α,β-unsaturated/α-hetero) is 1. The maximum atomic E-state index is 11.5. The van der Waals surface area contributed by atoms with E-state index in [1.165, 1.54) is 23.5 Å². The lowest BCUT2D eigenvalue weighted by atomic mass is 9.69. The number of anilines is 1. The molecule has 0 unspecified atom stereocenters. The number of thiazole rings is 1. The number of hydrogen-bond donors (Lipinski definition) is 1. The first kappa shape index (κ1) is 14.7. The number of carbonyl (C=O) groups is 1. The van der Waals surface area contributed by atoms with E-state index in [9.17, 15) is 4.79 Å². The molecule has 2 saturated carbocycles. The third-order valence-corrected chi connectivity index (χ3v) is 6.83. The van der Waals surface area contributed by atoms with Gasteiger partial charge >= 0.3 is 0 Å². The molecule has 0 saturated heterocycles. The van der Waals surface area contributed by atoms with Crippen molar-refractivity contribution in [3.63, 3.8) is 0 Å². The van der Waals surface area contributed by atoms with Gasteiger partial charge in [0.25, 0.3) is 0 Å². The summed E-state index contributed by atoms with van der Waals surface area (Å²) < 4.78 is 0. The summed E-state index contributed by atoms with van der Waals surface area (Å²) in [7, 11) is 0. The van der Waals surface area contributed by atoms with Gasteiger partial charge in [0, 0.05) is 18.6 Å². The van der Waals surface area contributed by atoms with Gasteiger partial charge in [-0.3, -0.25) is 10.2 Å². The van der Waals surface area contributed by atoms with Crippen LogP contribution >= 0.6 is 11.3 Å². The van der Waals surface area contributed by atoms with Gasteiger partial charge in [0.05, 0.1) is 10.6 Å². The van der Waals surface area contributed by atoms with Crippen LogP contribution in [0.25, 0.3) is 0 Å². The number of hydrogen-bond acceptors (Lipinski definition) is 5. The minimum atomic E-state index is 0.0704. The molecule has 1 heterocycles. The molecule has 2 aliphatic carbocycles. The summed E-state index contributed by atoms with van der Waals surface area (Å²) in [5.41, 5.74) is 5.58. The topological polar surface area (TPSA) is 54.4 Å². The van der Waals surface area contributed by atoms with Crippen LogP contribution in [0.2, 0.25) is 0 Å². The van der Waals surface area contributed by atoms with E-state index in [1.807, 2.05) is 6.92 Å². The van der Waals surface area contributed by atoms with Crippen LogP contribution in [0, 0.1) is 30.1 Å². The summed E-state index contributed by atoms with van der Waals surface area (Å²) in [6, 6.07) is 0. The zero-order chi connectivity index (χ0) is 15.4. The summed E-state index contributed by atoms with van der Waals surface area (Å²) in [4.78, 5) is 16.6. The number of rotatable bonds is 3. The van der Waals surface area contributed by atoms with Crippen molar-refractivity contribution in [3.8, 4) is 0 Å². The van der Waals surface area contributed by atoms with Gasteiger partial charge in [0.15, 0.2) is 5.78 Å². The van der Waals surface area contributed by atoms with E-state index in [0.29, 0.717) is 17.3 Å². The van der Waals surface area contributed by atoms with Crippen molar-refractivity contribution in [1.82, 2.24) is 4.98 Å². The molecule has 0 spiro atoms. The van der Waals surface area contributed by atoms with E-state index in [1.54, 1.807) is 6.92 Å². The van der Waals surface area contributed by atoms with Crippen LogP contribution in [0.3, 0.4) is 0 Å². The van der Waals surface area contributed by atoms with Crippen molar-refractivity contribution in [2.45, 2.75) is 47.5 Å². The Bertz CT molecular complexity index is 613. The van der Waals surface area contributed by atoms with Gasteiger partial charge in [0.1, 0.15) is 0 Å². The Balaban J connectivity index is 1.74. The first-order valence-electron chi connectivity index (χ1n) is 7.61. The number of nitrogens with one attached hydrogen (secondary N) is 1. The molecule has 2 fully saturated rings. The van der Waals surface area contributed by atoms with E-state index < -0.39 is 0 Å². The highest BCUT2D eigenvalue weighted by Crippen LogP contribution is 2.57. The molecule has 0 radical (unpaired) electrons. The van der Waals surface area contributed by atoms with Crippen LogP contribution in [-0.2, 0) is 0 Å². The van der Waals surface area contributed by atoms with Crippen LogP contribution in [0.15, 0.2) is 5.10 Å². The molecule has 0 aliphatic heterocycles. The number of aromatic nitrogens is 1. The molecule has 4 nitrogen and oxygen atoms in total. The SMILES string of the molecule is CC(=O)c1sc(N/N=C2/C[C@@H]3C[C@@H]2[C@H](C)C3(C)C)nc1C. The number of hydrazone groups is 1. The third-order valence-electron chi connectivity index (χ3n) is 5.66. The molecule has 1 N–H and O–H groups in total. The molecular formula is C16H23N3OS. The lowest BCUT2D eigenvalue weighted by molar-refractivity contribution is 0.102. The zero-order valence-corrected chi connectivity index (χ0v) is 14.2. The van der Waals surface area contributed by atoms with Crippen LogP contribution in [0.5, 0.6) is 0 Å². The summed E-state index contributed by atoms with van der Waals surface area (Å²) in [5.74, 6) is 2.11. The van der Waals surface area contributed by atoms with Gasteiger partial charge in [-0.1, -0.05) is 32.1 Å². The summed E-state index contributed by atoms with van der Waals surface area (Å²) in [6.07, 6.45) is 2.36. The van der Waals surface area contributed by atoms with Crippen LogP contribution in [-0.4, -0.2) is 16.5 Å². The Morgan fingerprint density at radius 2 is 2.19 bits per heavy atom. The highest BCUT2D eigenvalue weighted by molar-refractivity contribution is 7.17. The monoisotopic (exact) mass is 305 g/mol. The van der Waals surface area contributed by atoms with Crippen molar-refractivity contribution >= 4 is 28.0 Å². The predicted molar refractivity (Wildman–Crippen MR) is 87.1 cm³/mol. The molecule has 21 heavy (non-hydrogen) atoms. The fourth-order valence-corrected chi connectivity index (χ4v) is 4.70. The van der Waals surface area contributed by atoms with Gasteiger partial charge in [-0.05, 0) is 37.0 Å². The molecule has 2 bridgehead atoms. The van der Waals surface area contributed by atoms with Crippen LogP contribution in [0.1, 0.15) is 55.9 Å². The lowest BCUT2D eigenvalue weighted by Crippen LogP contribution is -2.33. The van der Waals surface area contributed by atoms with Crippen LogP contribution < -0.4 is 5.43 Å². The number of ketones is 1. The van der Waals surface area contributed by atoms with Crippen molar-refractivity contribution in [1.29, 1.82) is 0 Å². The predicted octanol–water partition coefficient (Wildman–Crippen LogP) is 4.12. The van der Waals surface area contributed by atoms with Gasteiger partial charge in [-0.25, -0.2) is 4.98 Å². The second-order valence-electron chi connectivity index (χ2n) is 7.06. The molecule has 0 aromatic carbocycles. The molecule has 1 aromatic heterocycles. The van der Waals surface area contributed by atoms with Crippen molar-refractivity contribution in [2.24, 2.45) is 28.3 Å². The number of fused-ring (bicyclic) bond motifs is 2. The first-order valence-corrected chi connectivity index (χ1v) is 8.43. The van der Waals surface area contributed by atoms with E-state index in [2.05, 4.69) is 36.3 Å². The maximum absolute atomic E-state index is 11.5. The molecule has 3 rings (SSSR count). The average molecular weight is 305 g/mol. The van der Waals surface area contributed by atoms with Gasteiger partial charge < -0.3 is 0 Å². The summed E-state index contributed by atoms with van der Waals surface area (Å²) in [6.45, 7) is 10.6. The largest absolute Gasteiger partial charge is 0.294 e. The Morgan fingerprint density at radius 3 is 2.71 bits per heavy atom. The zero-order valence-electron chi connectivity index (χ0n) is 13.4. The Labute approximate surface area is 130 Å². The minimum absolute atomic E-state index is 0.0704. The van der Waals surface area contributed by atoms with Crippen LogP contribution in [0.4, 0.5) is 5.13 Å². The van der Waals surface area contributed by atoms with Gasteiger partial charge in [-0.15, -0.1) is 0 Å². The number of nitrogens with zero attached hydrogens (tertiary/aromatic N) is 2. The highest BCUT2D eigenvalue weighted by atomic mass is 32.1. The molecule has 0 amide bonds. The van der Waals surface area contributed by atoms with E-state index in [0.717, 1.165) is 28.0 Å². The van der Waals surface area contributed by atoms with Crippen molar-refractivity contribution in [2.75, 3.05) is 5.43 Å². The smallest absolute Gasteiger partial charge is 0.204 e. The highest BCUT2D eigenvalue weighted by Gasteiger charge is 2.53. The molecule has 2 aliphatic rings. The lowest BCUT2D eigenvalue weighted by Gasteiger charge is -2.36. The summed E-state index contributed by atoms with van der Waals surface area (Å²) >= 11 is 1.39. The normalized spacial score (nSPS) is 31.9. The third kappa shape index (κ3) is 2.31. The quantitative estimate of drug-likeness (QED) is 0.675. The van der Waals surface area contributed by atoms with E-state index >= 15 is 0 Å². The Hall–Kier alpha value is -1.23. The molecule has 3 atom stereocenters. The summed E-state index contributed by atoms with van der Waals surface area (Å²) in [5, 5.41) is 5.33. The maximum Gasteiger partial charge on any atom is 0.204 e. The molecular weight excluding hydrogens is 282 g/mol. The number of aryl methyl sites for hydroxylation is 1. The van der Waals surface area contributed by atoms with Crippen molar-refractivity contribution in [3.05, 3.63) is 10.6 Å². The van der Waals surface area contributed by atoms with Gasteiger partial charge in [0.2, 0.25) is 5.13 Å². The van der Waals surface area contributed by atoms with Gasteiger partial charge in [-0.2, -0.15) is 5.10 Å². The Morgan fingerprint density at radius 1 is 1.48 bits per heavy atom. The fourth-order valence-electron chi connectivity index (χ4n) is 3.90. The Kier molecular flexibility index (Phi) is 3.43. The van der Waals surface area contributed by atoms with E-state index in [4.69, 9.17) is 0 Å². The average Bonchev–Trinajstić information content (AvgIpc) is 3.03. The van der Waals surface area contributed by atoms with E-state index in [-0.39, 0.29) is 5.78 Å². The first-order chi connectivity index (χ1) is 9.80. The molecule has 5 heteroatoms. The second-order valence-corrected chi connectivity index (χ2v) is 8.06. The minimum Gasteiger partial charge on any atom is -0.294 e. The fraction of sp³-hybridized carbons (Fsp3) is 0.688. The molecule has 1 aromatic rings. The molecule has 114 valence electrons.